The number of nitrogens with one attached hydrogen (secondary N) is 1. The van der Waals surface area contributed by atoms with E-state index in [-0.39, 0.29) is 5.56 Å². The van der Waals surface area contributed by atoms with Crippen molar-refractivity contribution in [1.82, 2.24) is 15.0 Å². The molecule has 0 aromatic carbocycles. The van der Waals surface area contributed by atoms with Gasteiger partial charge in [0, 0.05) is 23.0 Å². The van der Waals surface area contributed by atoms with Crippen molar-refractivity contribution >= 4 is 39.3 Å². The summed E-state index contributed by atoms with van der Waals surface area (Å²) in [5.41, 5.74) is 2.41. The maximum atomic E-state index is 12.6. The van der Waals surface area contributed by atoms with E-state index in [1.54, 1.807) is 23.6 Å². The molecule has 0 bridgehead atoms. The summed E-state index contributed by atoms with van der Waals surface area (Å²) in [7, 11) is 1.34. The van der Waals surface area contributed by atoms with Gasteiger partial charge in [0.2, 0.25) is 0 Å². The molecule has 0 spiro atoms. The summed E-state index contributed by atoms with van der Waals surface area (Å²) in [5, 5.41) is 1.35. The number of ether oxygens (including phenoxy) is 1. The van der Waals surface area contributed by atoms with E-state index >= 15 is 0 Å². The summed E-state index contributed by atoms with van der Waals surface area (Å²) >= 11 is 3.07. The standard InChI is InChI=1S/C18H17N3O3S2/c1-24-17(23)11-6-10(7-19-8-11)9-25-18-20-15(22)14-12-4-2-3-5-13(12)26-16(14)21-18/h6-8H,2-5,9H2,1H3,(H,20,21,22). The number of thiophene rings is 1. The number of esters is 1. The predicted octanol–water partition coefficient (Wildman–Crippen LogP) is 3.34. The molecule has 6 nitrogen and oxygen atoms in total. The third kappa shape index (κ3) is 3.26. The van der Waals surface area contributed by atoms with Crippen LogP contribution in [0.15, 0.2) is 28.4 Å². The molecule has 0 unspecified atom stereocenters. The number of carbonyl (C=O) groups excluding carboxylic acids is 1. The molecule has 0 atom stereocenters. The van der Waals surface area contributed by atoms with Crippen molar-refractivity contribution in [2.75, 3.05) is 7.11 Å². The van der Waals surface area contributed by atoms with E-state index in [0.717, 1.165) is 35.0 Å². The zero-order chi connectivity index (χ0) is 18.1. The molecule has 3 heterocycles. The summed E-state index contributed by atoms with van der Waals surface area (Å²) < 4.78 is 4.71. The molecule has 4 rings (SSSR count). The maximum absolute atomic E-state index is 12.6. The predicted molar refractivity (Wildman–Crippen MR) is 102 cm³/mol. The number of hydrogen-bond donors (Lipinski definition) is 1. The highest BCUT2D eigenvalue weighted by Crippen LogP contribution is 2.34. The van der Waals surface area contributed by atoms with Gasteiger partial charge in [-0.05, 0) is 42.9 Å². The van der Waals surface area contributed by atoms with Gasteiger partial charge in [-0.25, -0.2) is 9.78 Å². The first-order valence-corrected chi connectivity index (χ1v) is 10.2. The Balaban J connectivity index is 1.58. The van der Waals surface area contributed by atoms with E-state index in [9.17, 15) is 9.59 Å². The van der Waals surface area contributed by atoms with Crippen LogP contribution in [0.3, 0.4) is 0 Å². The van der Waals surface area contributed by atoms with E-state index in [4.69, 9.17) is 4.74 Å². The monoisotopic (exact) mass is 387 g/mol. The Hall–Kier alpha value is -2.19. The van der Waals surface area contributed by atoms with Crippen LogP contribution in [0.1, 0.15) is 39.2 Å². The van der Waals surface area contributed by atoms with Crippen molar-refractivity contribution in [3.63, 3.8) is 0 Å². The third-order valence-electron chi connectivity index (χ3n) is 4.39. The van der Waals surface area contributed by atoms with Gasteiger partial charge in [0.05, 0.1) is 18.1 Å². The molecular formula is C18H17N3O3S2. The number of aromatic nitrogens is 3. The van der Waals surface area contributed by atoms with E-state index in [2.05, 4.69) is 15.0 Å². The van der Waals surface area contributed by atoms with Crippen molar-refractivity contribution < 1.29 is 9.53 Å². The highest BCUT2D eigenvalue weighted by atomic mass is 32.2. The number of thioether (sulfide) groups is 1. The highest BCUT2D eigenvalue weighted by Gasteiger charge is 2.19. The minimum Gasteiger partial charge on any atom is -0.465 e. The Morgan fingerprint density at radius 3 is 3.04 bits per heavy atom. The molecule has 0 saturated carbocycles. The molecular weight excluding hydrogens is 370 g/mol. The molecule has 1 N–H and O–H groups in total. The van der Waals surface area contributed by atoms with Crippen LogP contribution in [0.5, 0.6) is 0 Å². The van der Waals surface area contributed by atoms with Crippen LogP contribution in [-0.2, 0) is 23.3 Å². The summed E-state index contributed by atoms with van der Waals surface area (Å²) in [6.07, 6.45) is 7.51. The molecule has 134 valence electrons. The van der Waals surface area contributed by atoms with Gasteiger partial charge < -0.3 is 9.72 Å². The molecule has 26 heavy (non-hydrogen) atoms. The first-order chi connectivity index (χ1) is 12.7. The number of nitrogens with zero attached hydrogens (tertiary/aromatic N) is 2. The Morgan fingerprint density at radius 2 is 2.19 bits per heavy atom. The topological polar surface area (TPSA) is 84.9 Å². The zero-order valence-electron chi connectivity index (χ0n) is 14.2. The van der Waals surface area contributed by atoms with Gasteiger partial charge in [-0.2, -0.15) is 0 Å². The number of carbonyl (C=O) groups is 1. The first kappa shape index (κ1) is 17.2. The van der Waals surface area contributed by atoms with Gasteiger partial charge in [-0.1, -0.05) is 11.8 Å². The minimum atomic E-state index is -0.415. The Bertz CT molecular complexity index is 1040. The molecule has 1 aliphatic carbocycles. The molecule has 0 fully saturated rings. The van der Waals surface area contributed by atoms with Crippen LogP contribution in [0.4, 0.5) is 0 Å². The van der Waals surface area contributed by atoms with E-state index < -0.39 is 5.97 Å². The van der Waals surface area contributed by atoms with Crippen molar-refractivity contribution in [2.45, 2.75) is 36.6 Å². The highest BCUT2D eigenvalue weighted by molar-refractivity contribution is 7.98. The number of aryl methyl sites for hydroxylation is 2. The summed E-state index contributed by atoms with van der Waals surface area (Å²) in [4.78, 5) is 37.9. The lowest BCUT2D eigenvalue weighted by atomic mass is 9.97. The van der Waals surface area contributed by atoms with Gasteiger partial charge in [0.15, 0.2) is 5.16 Å². The number of fused-ring (bicyclic) bond motifs is 3. The number of pyridine rings is 1. The van der Waals surface area contributed by atoms with Gasteiger partial charge in [-0.15, -0.1) is 11.3 Å². The van der Waals surface area contributed by atoms with Crippen molar-refractivity contribution in [2.24, 2.45) is 0 Å². The van der Waals surface area contributed by atoms with Crippen molar-refractivity contribution in [3.05, 3.63) is 50.4 Å². The minimum absolute atomic E-state index is 0.0571. The molecule has 8 heteroatoms. The SMILES string of the molecule is COC(=O)c1cncc(CSc2nc3sc4c(c3c(=O)[nH]2)CCCC4)c1. The first-order valence-electron chi connectivity index (χ1n) is 8.35. The number of rotatable bonds is 4. The zero-order valence-corrected chi connectivity index (χ0v) is 15.8. The van der Waals surface area contributed by atoms with Crippen LogP contribution >= 0.6 is 23.1 Å². The van der Waals surface area contributed by atoms with Crippen LogP contribution in [0.25, 0.3) is 10.2 Å². The third-order valence-corrected chi connectivity index (χ3v) is 6.53. The number of methoxy groups -OCH3 is 1. The Morgan fingerprint density at radius 1 is 1.35 bits per heavy atom. The molecule has 0 radical (unpaired) electrons. The fourth-order valence-corrected chi connectivity index (χ4v) is 5.26. The second-order valence-corrected chi connectivity index (χ2v) is 8.17. The summed E-state index contributed by atoms with van der Waals surface area (Å²) in [6.45, 7) is 0. The molecule has 3 aromatic heterocycles. The van der Waals surface area contributed by atoms with Crippen LogP contribution in [0, 0.1) is 0 Å². The van der Waals surface area contributed by atoms with Gasteiger partial charge in [0.25, 0.3) is 5.56 Å². The molecule has 0 saturated heterocycles. The Labute approximate surface area is 158 Å². The fourth-order valence-electron chi connectivity index (χ4n) is 3.16. The molecule has 3 aromatic rings. The maximum Gasteiger partial charge on any atom is 0.339 e. The van der Waals surface area contributed by atoms with E-state index in [0.29, 0.717) is 16.5 Å². The smallest absolute Gasteiger partial charge is 0.339 e. The van der Waals surface area contributed by atoms with Gasteiger partial charge in [0.1, 0.15) is 4.83 Å². The number of H-pyrrole nitrogens is 1. The molecule has 0 amide bonds. The van der Waals surface area contributed by atoms with Gasteiger partial charge in [-0.3, -0.25) is 9.78 Å². The quantitative estimate of drug-likeness (QED) is 0.420. The van der Waals surface area contributed by atoms with Crippen LogP contribution in [0.2, 0.25) is 0 Å². The summed E-state index contributed by atoms with van der Waals surface area (Å²) in [6, 6.07) is 1.74. The van der Waals surface area contributed by atoms with E-state index in [1.807, 2.05) is 0 Å². The van der Waals surface area contributed by atoms with Crippen molar-refractivity contribution in [3.8, 4) is 0 Å². The fraction of sp³-hybridized carbons (Fsp3) is 0.333. The average Bonchev–Trinajstić information content (AvgIpc) is 3.04. The lowest BCUT2D eigenvalue weighted by Crippen LogP contribution is -2.11. The van der Waals surface area contributed by atoms with Crippen molar-refractivity contribution in [1.29, 1.82) is 0 Å². The summed E-state index contributed by atoms with van der Waals surface area (Å²) in [5.74, 6) is 0.138. The van der Waals surface area contributed by atoms with Crippen LogP contribution < -0.4 is 5.56 Å². The lowest BCUT2D eigenvalue weighted by molar-refractivity contribution is 0.0600. The molecule has 1 aliphatic rings. The second kappa shape index (κ2) is 7.20. The van der Waals surface area contributed by atoms with E-state index in [1.165, 1.54) is 41.9 Å². The second-order valence-electron chi connectivity index (χ2n) is 6.12. The lowest BCUT2D eigenvalue weighted by Gasteiger charge is -2.09. The average molecular weight is 387 g/mol. The number of hydrogen-bond acceptors (Lipinski definition) is 7. The molecule has 0 aliphatic heterocycles. The number of aromatic amines is 1. The largest absolute Gasteiger partial charge is 0.465 e. The van der Waals surface area contributed by atoms with Crippen LogP contribution in [-0.4, -0.2) is 28.0 Å². The normalized spacial score (nSPS) is 13.6. The van der Waals surface area contributed by atoms with Gasteiger partial charge >= 0.3 is 5.97 Å². The Kier molecular flexibility index (Phi) is 4.78.